The van der Waals surface area contributed by atoms with E-state index in [2.05, 4.69) is 4.98 Å². The first-order valence-electron chi connectivity index (χ1n) is 9.18. The summed E-state index contributed by atoms with van der Waals surface area (Å²) in [4.78, 5) is 31.1. The zero-order chi connectivity index (χ0) is 20.0. The van der Waals surface area contributed by atoms with Crippen molar-refractivity contribution < 1.29 is 8.83 Å². The molecular formula is C23H16N2O4. The molecule has 5 aromatic rings. The van der Waals surface area contributed by atoms with Gasteiger partial charge in [-0.15, -0.1) is 0 Å². The van der Waals surface area contributed by atoms with E-state index in [0.717, 1.165) is 11.1 Å². The van der Waals surface area contributed by atoms with Crippen molar-refractivity contribution in [3.8, 4) is 11.4 Å². The van der Waals surface area contributed by atoms with Crippen molar-refractivity contribution in [2.24, 2.45) is 0 Å². The molecule has 3 aromatic heterocycles. The van der Waals surface area contributed by atoms with E-state index in [4.69, 9.17) is 8.83 Å². The maximum Gasteiger partial charge on any atom is 0.269 e. The number of aryl methyl sites for hydroxylation is 1. The molecule has 29 heavy (non-hydrogen) atoms. The summed E-state index contributed by atoms with van der Waals surface area (Å²) >= 11 is 0. The molecule has 0 spiro atoms. The molecule has 0 amide bonds. The monoisotopic (exact) mass is 384 g/mol. The molecule has 142 valence electrons. The molecule has 0 unspecified atom stereocenters. The Labute approximate surface area is 164 Å². The molecule has 2 aromatic carbocycles. The lowest BCUT2D eigenvalue weighted by molar-refractivity contribution is 0.489. The first kappa shape index (κ1) is 17.2. The minimum atomic E-state index is -0.454. The van der Waals surface area contributed by atoms with E-state index in [0.29, 0.717) is 22.6 Å². The summed E-state index contributed by atoms with van der Waals surface area (Å²) in [6.07, 6.45) is 1.55. The number of furan rings is 1. The first-order chi connectivity index (χ1) is 14.1. The van der Waals surface area contributed by atoms with Gasteiger partial charge in [0.25, 0.3) is 5.56 Å². The largest absolute Gasteiger partial charge is 0.467 e. The fourth-order valence-electron chi connectivity index (χ4n) is 3.52. The van der Waals surface area contributed by atoms with Gasteiger partial charge in [0, 0.05) is 5.56 Å². The van der Waals surface area contributed by atoms with E-state index in [1.54, 1.807) is 42.7 Å². The molecule has 6 nitrogen and oxygen atoms in total. The smallest absolute Gasteiger partial charge is 0.269 e. The summed E-state index contributed by atoms with van der Waals surface area (Å²) in [5.41, 5.74) is 1.33. The minimum absolute atomic E-state index is 0.0349. The SMILES string of the molecule is Cc1ccccc1-c1nc2oc3ccccc3c(=O)c2c(=O)n1Cc1ccco1. The summed E-state index contributed by atoms with van der Waals surface area (Å²) in [6, 6.07) is 18.0. The number of hydrogen-bond donors (Lipinski definition) is 0. The predicted molar refractivity (Wildman–Crippen MR) is 110 cm³/mol. The zero-order valence-corrected chi connectivity index (χ0v) is 15.6. The molecule has 0 aliphatic heterocycles. The number of para-hydroxylation sites is 1. The van der Waals surface area contributed by atoms with Crippen LogP contribution in [0.1, 0.15) is 11.3 Å². The maximum atomic E-state index is 13.4. The number of nitrogens with zero attached hydrogens (tertiary/aromatic N) is 2. The summed E-state index contributed by atoms with van der Waals surface area (Å²) in [6.45, 7) is 2.10. The summed E-state index contributed by atoms with van der Waals surface area (Å²) in [7, 11) is 0. The van der Waals surface area contributed by atoms with Crippen LogP contribution >= 0.6 is 0 Å². The molecule has 0 aliphatic rings. The second-order valence-electron chi connectivity index (χ2n) is 6.83. The first-order valence-corrected chi connectivity index (χ1v) is 9.18. The Bertz CT molecular complexity index is 1480. The number of hydrogen-bond acceptors (Lipinski definition) is 5. The third-order valence-electron chi connectivity index (χ3n) is 4.98. The number of rotatable bonds is 3. The summed E-state index contributed by atoms with van der Waals surface area (Å²) < 4.78 is 12.8. The van der Waals surface area contributed by atoms with Gasteiger partial charge >= 0.3 is 0 Å². The summed E-state index contributed by atoms with van der Waals surface area (Å²) in [5.74, 6) is 1.02. The van der Waals surface area contributed by atoms with Gasteiger partial charge < -0.3 is 8.83 Å². The van der Waals surface area contributed by atoms with E-state index < -0.39 is 5.56 Å². The molecule has 0 bridgehead atoms. The van der Waals surface area contributed by atoms with Gasteiger partial charge in [0.1, 0.15) is 17.2 Å². The Morgan fingerprint density at radius 3 is 2.55 bits per heavy atom. The van der Waals surface area contributed by atoms with Crippen LogP contribution in [0.3, 0.4) is 0 Å². The third-order valence-corrected chi connectivity index (χ3v) is 4.98. The quantitative estimate of drug-likeness (QED) is 0.437. The zero-order valence-electron chi connectivity index (χ0n) is 15.6. The molecule has 0 radical (unpaired) electrons. The van der Waals surface area contributed by atoms with Crippen molar-refractivity contribution in [1.82, 2.24) is 9.55 Å². The van der Waals surface area contributed by atoms with Gasteiger partial charge in [-0.05, 0) is 36.8 Å². The topological polar surface area (TPSA) is 78.2 Å². The lowest BCUT2D eigenvalue weighted by Crippen LogP contribution is -2.28. The van der Waals surface area contributed by atoms with Gasteiger partial charge in [-0.1, -0.05) is 36.4 Å². The Morgan fingerprint density at radius 1 is 0.966 bits per heavy atom. The van der Waals surface area contributed by atoms with Gasteiger partial charge in [-0.3, -0.25) is 14.2 Å². The highest BCUT2D eigenvalue weighted by Crippen LogP contribution is 2.24. The van der Waals surface area contributed by atoms with Crippen molar-refractivity contribution in [3.05, 3.63) is 98.8 Å². The van der Waals surface area contributed by atoms with E-state index in [-0.39, 0.29) is 23.1 Å². The van der Waals surface area contributed by atoms with Crippen LogP contribution in [0.5, 0.6) is 0 Å². The van der Waals surface area contributed by atoms with Crippen LogP contribution in [0.4, 0.5) is 0 Å². The highest BCUT2D eigenvalue weighted by atomic mass is 16.3. The summed E-state index contributed by atoms with van der Waals surface area (Å²) in [5, 5.41) is 0.291. The van der Waals surface area contributed by atoms with E-state index >= 15 is 0 Å². The average Bonchev–Trinajstić information content (AvgIpc) is 3.24. The lowest BCUT2D eigenvalue weighted by Gasteiger charge is -2.14. The Balaban J connectivity index is 1.91. The van der Waals surface area contributed by atoms with Crippen LogP contribution in [0.25, 0.3) is 33.5 Å². The second kappa shape index (κ2) is 6.60. The van der Waals surface area contributed by atoms with E-state index in [9.17, 15) is 9.59 Å². The van der Waals surface area contributed by atoms with Crippen molar-refractivity contribution in [1.29, 1.82) is 0 Å². The molecule has 0 fully saturated rings. The molecule has 3 heterocycles. The van der Waals surface area contributed by atoms with Crippen LogP contribution in [0, 0.1) is 6.92 Å². The Kier molecular flexibility index (Phi) is 3.91. The van der Waals surface area contributed by atoms with Crippen LogP contribution < -0.4 is 11.0 Å². The average molecular weight is 384 g/mol. The second-order valence-corrected chi connectivity index (χ2v) is 6.83. The number of benzene rings is 2. The van der Waals surface area contributed by atoms with Gasteiger partial charge in [0.15, 0.2) is 5.39 Å². The van der Waals surface area contributed by atoms with Crippen molar-refractivity contribution >= 4 is 22.1 Å². The molecule has 0 N–H and O–H groups in total. The fraction of sp³-hybridized carbons (Fsp3) is 0.0870. The Hall–Kier alpha value is -3.93. The fourth-order valence-corrected chi connectivity index (χ4v) is 3.52. The van der Waals surface area contributed by atoms with Gasteiger partial charge in [0.2, 0.25) is 11.1 Å². The standard InChI is InChI=1S/C23H16N2O4/c1-14-7-2-3-9-16(14)21-24-22-19(20(26)17-10-4-5-11-18(17)29-22)23(27)25(21)13-15-8-6-12-28-15/h2-12H,13H2,1H3. The van der Waals surface area contributed by atoms with Crippen molar-refractivity contribution in [3.63, 3.8) is 0 Å². The number of fused-ring (bicyclic) bond motifs is 2. The third kappa shape index (κ3) is 2.77. The predicted octanol–water partition coefficient (Wildman–Crippen LogP) is 4.12. The van der Waals surface area contributed by atoms with Crippen molar-refractivity contribution in [2.45, 2.75) is 13.5 Å². The van der Waals surface area contributed by atoms with Gasteiger partial charge in [0.05, 0.1) is 18.2 Å². The van der Waals surface area contributed by atoms with Crippen LogP contribution in [0.15, 0.2) is 85.4 Å². The van der Waals surface area contributed by atoms with Crippen LogP contribution in [-0.4, -0.2) is 9.55 Å². The van der Waals surface area contributed by atoms with Gasteiger partial charge in [-0.2, -0.15) is 4.98 Å². The van der Waals surface area contributed by atoms with Crippen molar-refractivity contribution in [2.75, 3.05) is 0 Å². The molecule has 5 rings (SSSR count). The van der Waals surface area contributed by atoms with Crippen LogP contribution in [-0.2, 0) is 6.54 Å². The normalized spacial score (nSPS) is 11.3. The minimum Gasteiger partial charge on any atom is -0.467 e. The molecule has 0 saturated carbocycles. The van der Waals surface area contributed by atoms with Gasteiger partial charge in [-0.25, -0.2) is 0 Å². The maximum absolute atomic E-state index is 13.4. The molecule has 0 atom stereocenters. The number of aromatic nitrogens is 2. The van der Waals surface area contributed by atoms with Crippen LogP contribution in [0.2, 0.25) is 0 Å². The molecular weight excluding hydrogens is 368 g/mol. The molecule has 6 heteroatoms. The lowest BCUT2D eigenvalue weighted by atomic mass is 10.1. The Morgan fingerprint density at radius 2 is 1.76 bits per heavy atom. The highest BCUT2D eigenvalue weighted by Gasteiger charge is 2.20. The molecule has 0 saturated heterocycles. The highest BCUT2D eigenvalue weighted by molar-refractivity contribution is 5.88. The van der Waals surface area contributed by atoms with E-state index in [1.807, 2.05) is 31.2 Å². The molecule has 0 aliphatic carbocycles. The van der Waals surface area contributed by atoms with E-state index in [1.165, 1.54) is 4.57 Å².